The molecule has 2 rings (SSSR count). The lowest BCUT2D eigenvalue weighted by Gasteiger charge is -2.03. The first-order valence-electron chi connectivity index (χ1n) is 4.50. The first kappa shape index (κ1) is 9.18. The summed E-state index contributed by atoms with van der Waals surface area (Å²) < 4.78 is 0. The summed E-state index contributed by atoms with van der Waals surface area (Å²) >= 11 is 0. The molecule has 3 nitrogen and oxygen atoms in total. The van der Waals surface area contributed by atoms with E-state index in [-0.39, 0.29) is 6.42 Å². The Hall–Kier alpha value is -2.39. The molecule has 0 unspecified atom stereocenters. The van der Waals surface area contributed by atoms with Gasteiger partial charge in [-0.2, -0.15) is 10.5 Å². The Morgan fingerprint density at radius 2 is 2.07 bits per heavy atom. The van der Waals surface area contributed by atoms with Gasteiger partial charge in [0.15, 0.2) is 0 Å². The van der Waals surface area contributed by atoms with Gasteiger partial charge in [0.1, 0.15) is 0 Å². The molecule has 1 heterocycles. The van der Waals surface area contributed by atoms with Gasteiger partial charge in [-0.3, -0.25) is 4.98 Å². The van der Waals surface area contributed by atoms with E-state index < -0.39 is 0 Å². The molecule has 15 heavy (non-hydrogen) atoms. The van der Waals surface area contributed by atoms with Crippen LogP contribution in [0.4, 0.5) is 0 Å². The predicted molar refractivity (Wildman–Crippen MR) is 55.8 cm³/mol. The smallest absolute Gasteiger partial charge is 0.0995 e. The maximum Gasteiger partial charge on any atom is 0.0995 e. The third-order valence-corrected chi connectivity index (χ3v) is 2.26. The fourth-order valence-corrected chi connectivity index (χ4v) is 1.57. The highest BCUT2D eigenvalue weighted by Crippen LogP contribution is 2.20. The van der Waals surface area contributed by atoms with Crippen molar-refractivity contribution in [2.75, 3.05) is 0 Å². The number of rotatable bonds is 1. The van der Waals surface area contributed by atoms with Crippen molar-refractivity contribution >= 4 is 10.9 Å². The molecule has 3 heteroatoms. The number of benzene rings is 1. The fraction of sp³-hybridized carbons (Fsp3) is 0.0833. The van der Waals surface area contributed by atoms with E-state index >= 15 is 0 Å². The fourth-order valence-electron chi connectivity index (χ4n) is 1.57. The quantitative estimate of drug-likeness (QED) is 0.697. The number of nitrogens with zero attached hydrogens (tertiary/aromatic N) is 3. The number of hydrogen-bond donors (Lipinski definition) is 0. The van der Waals surface area contributed by atoms with E-state index in [0.29, 0.717) is 5.56 Å². The Labute approximate surface area is 87.2 Å². The monoisotopic (exact) mass is 193 g/mol. The maximum absolute atomic E-state index is 8.92. The zero-order valence-corrected chi connectivity index (χ0v) is 7.94. The first-order chi connectivity index (χ1) is 7.36. The van der Waals surface area contributed by atoms with Crippen LogP contribution in [0.2, 0.25) is 0 Å². The molecule has 0 amide bonds. The summed E-state index contributed by atoms with van der Waals surface area (Å²) in [5, 5.41) is 18.6. The van der Waals surface area contributed by atoms with Crippen molar-refractivity contribution in [1.82, 2.24) is 4.98 Å². The van der Waals surface area contributed by atoms with Gasteiger partial charge < -0.3 is 0 Å². The topological polar surface area (TPSA) is 60.5 Å². The summed E-state index contributed by atoms with van der Waals surface area (Å²) in [5.74, 6) is 0. The van der Waals surface area contributed by atoms with Crippen LogP contribution in [0, 0.1) is 22.7 Å². The van der Waals surface area contributed by atoms with E-state index in [2.05, 4.69) is 17.1 Å². The SMILES string of the molecule is N#CCc1c(C#N)ccc2cccnc12. The minimum atomic E-state index is 0.219. The molecule has 0 fully saturated rings. The number of nitriles is 2. The molecule has 2 aromatic rings. The average Bonchev–Trinajstić information content (AvgIpc) is 2.30. The van der Waals surface area contributed by atoms with Crippen LogP contribution in [0.5, 0.6) is 0 Å². The van der Waals surface area contributed by atoms with E-state index in [0.717, 1.165) is 16.5 Å². The average molecular weight is 193 g/mol. The third-order valence-electron chi connectivity index (χ3n) is 2.26. The molecule has 0 aliphatic heterocycles. The first-order valence-corrected chi connectivity index (χ1v) is 4.50. The van der Waals surface area contributed by atoms with Gasteiger partial charge in [-0.15, -0.1) is 0 Å². The molecular weight excluding hydrogens is 186 g/mol. The zero-order chi connectivity index (χ0) is 10.7. The van der Waals surface area contributed by atoms with Gasteiger partial charge in [0.05, 0.1) is 29.6 Å². The van der Waals surface area contributed by atoms with Crippen LogP contribution < -0.4 is 0 Å². The summed E-state index contributed by atoms with van der Waals surface area (Å²) in [6.07, 6.45) is 1.89. The van der Waals surface area contributed by atoms with E-state index in [1.807, 2.05) is 18.2 Å². The molecule has 0 atom stereocenters. The van der Waals surface area contributed by atoms with Gasteiger partial charge >= 0.3 is 0 Å². The molecule has 0 aliphatic carbocycles. The van der Waals surface area contributed by atoms with Gasteiger partial charge in [-0.05, 0) is 12.1 Å². The van der Waals surface area contributed by atoms with Gasteiger partial charge in [0.2, 0.25) is 0 Å². The molecule has 0 spiro atoms. The molecule has 0 radical (unpaired) electrons. The molecule has 0 aliphatic rings. The van der Waals surface area contributed by atoms with Gasteiger partial charge in [0.25, 0.3) is 0 Å². The molecule has 0 N–H and O–H groups in total. The lowest BCUT2D eigenvalue weighted by Crippen LogP contribution is -1.92. The van der Waals surface area contributed by atoms with Crippen molar-refractivity contribution in [3.8, 4) is 12.1 Å². The van der Waals surface area contributed by atoms with E-state index in [4.69, 9.17) is 10.5 Å². The Morgan fingerprint density at radius 3 is 2.80 bits per heavy atom. The Kier molecular flexibility index (Phi) is 2.31. The van der Waals surface area contributed by atoms with E-state index in [9.17, 15) is 0 Å². The maximum atomic E-state index is 8.92. The predicted octanol–water partition coefficient (Wildman–Crippen LogP) is 2.17. The summed E-state index contributed by atoms with van der Waals surface area (Å²) in [6.45, 7) is 0. The second-order valence-electron chi connectivity index (χ2n) is 3.11. The number of fused-ring (bicyclic) bond motifs is 1. The highest BCUT2D eigenvalue weighted by molar-refractivity contribution is 5.84. The van der Waals surface area contributed by atoms with Gasteiger partial charge in [-0.1, -0.05) is 12.1 Å². The molecule has 0 saturated carbocycles. The lowest BCUT2D eigenvalue weighted by atomic mass is 10.0. The van der Waals surface area contributed by atoms with Gasteiger partial charge in [0, 0.05) is 17.1 Å². The van der Waals surface area contributed by atoms with Crippen LogP contribution in [0.1, 0.15) is 11.1 Å². The largest absolute Gasteiger partial charge is 0.256 e. The normalized spacial score (nSPS) is 9.47. The minimum absolute atomic E-state index is 0.219. The van der Waals surface area contributed by atoms with Crippen molar-refractivity contribution in [1.29, 1.82) is 10.5 Å². The van der Waals surface area contributed by atoms with Crippen molar-refractivity contribution in [3.63, 3.8) is 0 Å². The molecular formula is C12H7N3. The standard InChI is InChI=1S/C12H7N3/c13-6-5-11-10(8-14)4-3-9-2-1-7-15-12(9)11/h1-4,7H,5H2. The van der Waals surface area contributed by atoms with Gasteiger partial charge in [-0.25, -0.2) is 0 Å². The van der Waals surface area contributed by atoms with Crippen LogP contribution in [0.25, 0.3) is 10.9 Å². The van der Waals surface area contributed by atoms with Crippen LogP contribution in [-0.4, -0.2) is 4.98 Å². The highest BCUT2D eigenvalue weighted by Gasteiger charge is 2.07. The summed E-state index contributed by atoms with van der Waals surface area (Å²) in [5.41, 5.74) is 2.00. The third kappa shape index (κ3) is 1.51. The van der Waals surface area contributed by atoms with Crippen molar-refractivity contribution in [3.05, 3.63) is 41.6 Å². The minimum Gasteiger partial charge on any atom is -0.256 e. The zero-order valence-electron chi connectivity index (χ0n) is 7.94. The summed E-state index contributed by atoms with van der Waals surface area (Å²) in [6, 6.07) is 11.5. The second-order valence-corrected chi connectivity index (χ2v) is 3.11. The lowest BCUT2D eigenvalue weighted by molar-refractivity contribution is 1.24. The summed E-state index contributed by atoms with van der Waals surface area (Å²) in [7, 11) is 0. The molecule has 70 valence electrons. The summed E-state index contributed by atoms with van der Waals surface area (Å²) in [4.78, 5) is 4.21. The van der Waals surface area contributed by atoms with E-state index in [1.54, 1.807) is 12.3 Å². The van der Waals surface area contributed by atoms with Crippen molar-refractivity contribution in [2.24, 2.45) is 0 Å². The van der Waals surface area contributed by atoms with Crippen molar-refractivity contribution < 1.29 is 0 Å². The second kappa shape index (κ2) is 3.77. The molecule has 1 aromatic heterocycles. The number of hydrogen-bond acceptors (Lipinski definition) is 3. The number of aromatic nitrogens is 1. The van der Waals surface area contributed by atoms with Crippen molar-refractivity contribution in [2.45, 2.75) is 6.42 Å². The van der Waals surface area contributed by atoms with Crippen LogP contribution >= 0.6 is 0 Å². The Morgan fingerprint density at radius 1 is 1.20 bits per heavy atom. The molecule has 0 saturated heterocycles. The van der Waals surface area contributed by atoms with E-state index in [1.165, 1.54) is 0 Å². The molecule has 1 aromatic carbocycles. The Balaban J connectivity index is 2.81. The van der Waals surface area contributed by atoms with Crippen LogP contribution in [-0.2, 0) is 6.42 Å². The highest BCUT2D eigenvalue weighted by atomic mass is 14.6. The van der Waals surface area contributed by atoms with Crippen LogP contribution in [0.3, 0.4) is 0 Å². The van der Waals surface area contributed by atoms with Crippen LogP contribution in [0.15, 0.2) is 30.5 Å². The Bertz CT molecular complexity index is 588. The molecule has 0 bridgehead atoms. The number of pyridine rings is 1.